The molecule has 14 heavy (non-hydrogen) atoms. The number of rotatable bonds is 5. The lowest BCUT2D eigenvalue weighted by atomic mass is 10.3. The third-order valence-corrected chi connectivity index (χ3v) is 3.59. The molecule has 0 aromatic heterocycles. The molecule has 0 fully saturated rings. The zero-order valence-electron chi connectivity index (χ0n) is 8.13. The maximum Gasteiger partial charge on any atom is 0.125 e. The maximum absolute atomic E-state index is 12.7. The molecule has 78 valence electrons. The summed E-state index contributed by atoms with van der Waals surface area (Å²) in [6.45, 7) is 0. The SMILES string of the molecule is CSCCCSc1ccc(F)cc1N. The van der Waals surface area contributed by atoms with Crippen molar-refractivity contribution in [1.29, 1.82) is 0 Å². The first-order chi connectivity index (χ1) is 6.74. The molecule has 0 bridgehead atoms. The van der Waals surface area contributed by atoms with E-state index < -0.39 is 0 Å². The standard InChI is InChI=1S/C10H14FNS2/c1-13-5-2-6-14-10-4-3-8(11)7-9(10)12/h3-4,7H,2,5-6,12H2,1H3. The number of hydrogen-bond acceptors (Lipinski definition) is 3. The minimum absolute atomic E-state index is 0.268. The van der Waals surface area contributed by atoms with Crippen LogP contribution in [0.5, 0.6) is 0 Å². The molecule has 1 rings (SSSR count). The van der Waals surface area contributed by atoms with Gasteiger partial charge in [0.25, 0.3) is 0 Å². The third kappa shape index (κ3) is 3.80. The van der Waals surface area contributed by atoms with E-state index in [1.165, 1.54) is 12.1 Å². The number of halogens is 1. The normalized spacial score (nSPS) is 10.4. The number of benzene rings is 1. The van der Waals surface area contributed by atoms with E-state index in [9.17, 15) is 4.39 Å². The van der Waals surface area contributed by atoms with E-state index in [0.29, 0.717) is 5.69 Å². The summed E-state index contributed by atoms with van der Waals surface area (Å²) in [5.41, 5.74) is 6.21. The second-order valence-corrected chi connectivity index (χ2v) is 5.00. The molecule has 0 atom stereocenters. The summed E-state index contributed by atoms with van der Waals surface area (Å²) in [5, 5.41) is 0. The Balaban J connectivity index is 2.42. The van der Waals surface area contributed by atoms with Crippen LogP contribution in [0.25, 0.3) is 0 Å². The van der Waals surface area contributed by atoms with Crippen molar-refractivity contribution in [2.75, 3.05) is 23.5 Å². The quantitative estimate of drug-likeness (QED) is 0.478. The van der Waals surface area contributed by atoms with E-state index in [-0.39, 0.29) is 5.82 Å². The molecule has 1 aromatic rings. The van der Waals surface area contributed by atoms with E-state index in [1.54, 1.807) is 17.8 Å². The highest BCUT2D eigenvalue weighted by atomic mass is 32.2. The summed E-state index contributed by atoms with van der Waals surface area (Å²) in [6, 6.07) is 4.57. The number of nitrogen functional groups attached to an aromatic ring is 1. The van der Waals surface area contributed by atoms with Crippen LogP contribution in [0.3, 0.4) is 0 Å². The Morgan fingerprint density at radius 1 is 1.36 bits per heavy atom. The van der Waals surface area contributed by atoms with Gasteiger partial charge in [0.15, 0.2) is 0 Å². The fraction of sp³-hybridized carbons (Fsp3) is 0.400. The van der Waals surface area contributed by atoms with Gasteiger partial charge in [0.05, 0.1) is 0 Å². The predicted octanol–water partition coefficient (Wildman–Crippen LogP) is 3.25. The van der Waals surface area contributed by atoms with Gasteiger partial charge in [0.1, 0.15) is 5.82 Å². The Morgan fingerprint density at radius 2 is 2.14 bits per heavy atom. The number of nitrogens with two attached hydrogens (primary N) is 1. The van der Waals surface area contributed by atoms with Crippen LogP contribution in [0.4, 0.5) is 10.1 Å². The summed E-state index contributed by atoms with van der Waals surface area (Å²) < 4.78 is 12.7. The van der Waals surface area contributed by atoms with Crippen LogP contribution >= 0.6 is 23.5 Å². The van der Waals surface area contributed by atoms with Crippen molar-refractivity contribution >= 4 is 29.2 Å². The first-order valence-corrected chi connectivity index (χ1v) is 6.78. The van der Waals surface area contributed by atoms with Gasteiger partial charge in [-0.1, -0.05) is 0 Å². The Hall–Kier alpha value is -0.350. The van der Waals surface area contributed by atoms with Crippen molar-refractivity contribution in [2.24, 2.45) is 0 Å². The van der Waals surface area contributed by atoms with E-state index >= 15 is 0 Å². The molecule has 0 heterocycles. The van der Waals surface area contributed by atoms with Crippen LogP contribution in [0.2, 0.25) is 0 Å². The van der Waals surface area contributed by atoms with E-state index in [1.807, 2.05) is 11.8 Å². The van der Waals surface area contributed by atoms with E-state index in [0.717, 1.165) is 22.8 Å². The monoisotopic (exact) mass is 231 g/mol. The second-order valence-electron chi connectivity index (χ2n) is 2.88. The lowest BCUT2D eigenvalue weighted by molar-refractivity contribution is 0.627. The van der Waals surface area contributed by atoms with Crippen molar-refractivity contribution in [3.63, 3.8) is 0 Å². The van der Waals surface area contributed by atoms with Gasteiger partial charge in [-0.2, -0.15) is 11.8 Å². The second kappa shape index (κ2) is 6.19. The number of hydrogen-bond donors (Lipinski definition) is 1. The molecule has 1 aromatic carbocycles. The Bertz CT molecular complexity index is 291. The summed E-state index contributed by atoms with van der Waals surface area (Å²) in [6.07, 6.45) is 3.25. The Labute approximate surface area is 92.6 Å². The zero-order chi connectivity index (χ0) is 10.4. The topological polar surface area (TPSA) is 26.0 Å². The highest BCUT2D eigenvalue weighted by molar-refractivity contribution is 8.00. The Morgan fingerprint density at radius 3 is 2.79 bits per heavy atom. The summed E-state index contributed by atoms with van der Waals surface area (Å²) in [4.78, 5) is 0.979. The first-order valence-electron chi connectivity index (χ1n) is 4.41. The number of anilines is 1. The van der Waals surface area contributed by atoms with E-state index in [4.69, 9.17) is 5.73 Å². The average molecular weight is 231 g/mol. The van der Waals surface area contributed by atoms with E-state index in [2.05, 4.69) is 6.26 Å². The molecule has 4 heteroatoms. The highest BCUT2D eigenvalue weighted by Gasteiger charge is 2.00. The highest BCUT2D eigenvalue weighted by Crippen LogP contribution is 2.26. The van der Waals surface area contributed by atoms with Crippen LogP contribution in [0, 0.1) is 5.82 Å². The molecule has 0 amide bonds. The fourth-order valence-electron chi connectivity index (χ4n) is 1.04. The minimum atomic E-state index is -0.268. The van der Waals surface area contributed by atoms with Crippen molar-refractivity contribution in [3.05, 3.63) is 24.0 Å². The van der Waals surface area contributed by atoms with Crippen LogP contribution in [-0.2, 0) is 0 Å². The molecule has 2 N–H and O–H groups in total. The van der Waals surface area contributed by atoms with Crippen LogP contribution < -0.4 is 5.73 Å². The minimum Gasteiger partial charge on any atom is -0.398 e. The molecular weight excluding hydrogens is 217 g/mol. The zero-order valence-corrected chi connectivity index (χ0v) is 9.76. The lowest BCUT2D eigenvalue weighted by Crippen LogP contribution is -1.91. The van der Waals surface area contributed by atoms with Gasteiger partial charge in [-0.3, -0.25) is 0 Å². The van der Waals surface area contributed by atoms with Gasteiger partial charge >= 0.3 is 0 Å². The molecule has 0 aliphatic carbocycles. The summed E-state index contributed by atoms with van der Waals surface area (Å²) in [7, 11) is 0. The Kier molecular flexibility index (Phi) is 5.19. The predicted molar refractivity (Wildman–Crippen MR) is 64.5 cm³/mol. The molecule has 0 saturated heterocycles. The van der Waals surface area contributed by atoms with Crippen LogP contribution in [0.15, 0.2) is 23.1 Å². The summed E-state index contributed by atoms with van der Waals surface area (Å²) in [5.74, 6) is 1.93. The smallest absolute Gasteiger partial charge is 0.125 e. The van der Waals surface area contributed by atoms with Crippen molar-refractivity contribution in [1.82, 2.24) is 0 Å². The van der Waals surface area contributed by atoms with Gasteiger partial charge in [-0.25, -0.2) is 4.39 Å². The third-order valence-electron chi connectivity index (χ3n) is 1.72. The van der Waals surface area contributed by atoms with Gasteiger partial charge in [0, 0.05) is 10.6 Å². The molecule has 0 spiro atoms. The first kappa shape index (κ1) is 11.7. The molecule has 0 aliphatic heterocycles. The lowest BCUT2D eigenvalue weighted by Gasteiger charge is -2.04. The number of thioether (sulfide) groups is 2. The molecular formula is C10H14FNS2. The fourth-order valence-corrected chi connectivity index (χ4v) is 2.55. The largest absolute Gasteiger partial charge is 0.398 e. The molecule has 0 saturated carbocycles. The van der Waals surface area contributed by atoms with Crippen molar-refractivity contribution in [2.45, 2.75) is 11.3 Å². The van der Waals surface area contributed by atoms with Crippen LogP contribution in [0.1, 0.15) is 6.42 Å². The van der Waals surface area contributed by atoms with Crippen molar-refractivity contribution in [3.8, 4) is 0 Å². The van der Waals surface area contributed by atoms with Crippen molar-refractivity contribution < 1.29 is 4.39 Å². The molecule has 1 nitrogen and oxygen atoms in total. The van der Waals surface area contributed by atoms with Crippen LogP contribution in [-0.4, -0.2) is 17.8 Å². The van der Waals surface area contributed by atoms with Gasteiger partial charge in [-0.05, 0) is 42.4 Å². The average Bonchev–Trinajstić information content (AvgIpc) is 2.15. The maximum atomic E-state index is 12.7. The van der Waals surface area contributed by atoms with Gasteiger partial charge in [-0.15, -0.1) is 11.8 Å². The summed E-state index contributed by atoms with van der Waals surface area (Å²) >= 11 is 3.53. The van der Waals surface area contributed by atoms with Gasteiger partial charge in [0.2, 0.25) is 0 Å². The van der Waals surface area contributed by atoms with Gasteiger partial charge < -0.3 is 5.73 Å². The molecule has 0 aliphatic rings. The molecule has 0 unspecified atom stereocenters. The molecule has 0 radical (unpaired) electrons.